The first kappa shape index (κ1) is 17.6. The predicted molar refractivity (Wildman–Crippen MR) is 99.0 cm³/mol. The molecular formula is C21H19FN2O2. The summed E-state index contributed by atoms with van der Waals surface area (Å²) in [6, 6.07) is 15.1. The van der Waals surface area contributed by atoms with Gasteiger partial charge in [-0.15, -0.1) is 0 Å². The first-order valence-corrected chi connectivity index (χ1v) is 8.26. The monoisotopic (exact) mass is 350 g/mol. The zero-order valence-corrected chi connectivity index (χ0v) is 14.6. The first-order chi connectivity index (χ1) is 12.5. The lowest BCUT2D eigenvalue weighted by atomic mass is 10.1. The number of halogens is 1. The highest BCUT2D eigenvalue weighted by Gasteiger charge is 2.07. The normalized spacial score (nSPS) is 10.4. The fraction of sp³-hybridized carbons (Fsp3) is 0.143. The van der Waals surface area contributed by atoms with Crippen molar-refractivity contribution in [3.8, 4) is 11.6 Å². The minimum absolute atomic E-state index is 0.168. The van der Waals surface area contributed by atoms with Crippen LogP contribution in [0.15, 0.2) is 60.8 Å². The van der Waals surface area contributed by atoms with Gasteiger partial charge in [-0.05, 0) is 54.8 Å². The van der Waals surface area contributed by atoms with Crippen molar-refractivity contribution in [3.63, 3.8) is 0 Å². The molecule has 0 unspecified atom stereocenters. The number of aromatic nitrogens is 1. The molecule has 3 aromatic rings. The summed E-state index contributed by atoms with van der Waals surface area (Å²) in [5.41, 5.74) is 3.52. The number of carbonyl (C=O) groups excluding carboxylic acids is 1. The number of hydrogen-bond donors (Lipinski definition) is 1. The molecule has 0 fully saturated rings. The third kappa shape index (κ3) is 4.45. The van der Waals surface area contributed by atoms with Gasteiger partial charge in [-0.3, -0.25) is 4.79 Å². The second-order valence-electron chi connectivity index (χ2n) is 6.04. The summed E-state index contributed by atoms with van der Waals surface area (Å²) < 4.78 is 18.7. The van der Waals surface area contributed by atoms with Gasteiger partial charge in [0.05, 0.1) is 18.3 Å². The molecule has 3 rings (SSSR count). The molecule has 132 valence electrons. The van der Waals surface area contributed by atoms with Gasteiger partial charge in [0.2, 0.25) is 11.8 Å². The molecule has 0 saturated heterocycles. The number of amides is 1. The fourth-order valence-electron chi connectivity index (χ4n) is 2.45. The topological polar surface area (TPSA) is 51.2 Å². The molecule has 0 bridgehead atoms. The number of aryl methyl sites for hydroxylation is 1. The first-order valence-electron chi connectivity index (χ1n) is 8.26. The molecule has 26 heavy (non-hydrogen) atoms. The lowest BCUT2D eigenvalue weighted by Crippen LogP contribution is -2.14. The second-order valence-corrected chi connectivity index (χ2v) is 6.04. The molecule has 4 nitrogen and oxygen atoms in total. The summed E-state index contributed by atoms with van der Waals surface area (Å²) in [5.74, 6) is 0.695. The molecule has 0 saturated carbocycles. The maximum Gasteiger partial charge on any atom is 0.228 e. The van der Waals surface area contributed by atoms with Gasteiger partial charge in [0.25, 0.3) is 0 Å². The quantitative estimate of drug-likeness (QED) is 0.718. The Morgan fingerprint density at radius 3 is 2.54 bits per heavy atom. The van der Waals surface area contributed by atoms with E-state index >= 15 is 0 Å². The van der Waals surface area contributed by atoms with E-state index in [4.69, 9.17) is 4.74 Å². The highest BCUT2D eigenvalue weighted by atomic mass is 19.1. The van der Waals surface area contributed by atoms with Gasteiger partial charge in [0.1, 0.15) is 11.6 Å². The fourth-order valence-corrected chi connectivity index (χ4v) is 2.45. The number of benzene rings is 2. The molecule has 0 aliphatic rings. The summed E-state index contributed by atoms with van der Waals surface area (Å²) in [5, 5.41) is 2.77. The maximum atomic E-state index is 12.9. The molecule has 2 aromatic carbocycles. The average molecular weight is 350 g/mol. The van der Waals surface area contributed by atoms with E-state index in [2.05, 4.69) is 10.3 Å². The van der Waals surface area contributed by atoms with Crippen LogP contribution >= 0.6 is 0 Å². The van der Waals surface area contributed by atoms with Crippen LogP contribution in [0.1, 0.15) is 16.7 Å². The van der Waals surface area contributed by atoms with Crippen LogP contribution in [0.2, 0.25) is 0 Å². The van der Waals surface area contributed by atoms with Crippen LogP contribution in [-0.2, 0) is 11.2 Å². The number of pyridine rings is 1. The van der Waals surface area contributed by atoms with E-state index in [1.54, 1.807) is 30.5 Å². The second kappa shape index (κ2) is 7.78. The largest absolute Gasteiger partial charge is 0.439 e. The summed E-state index contributed by atoms with van der Waals surface area (Å²) in [6.07, 6.45) is 1.71. The number of nitrogens with zero attached hydrogens (tertiary/aromatic N) is 1. The molecule has 0 aliphatic heterocycles. The molecule has 1 amide bonds. The third-order valence-corrected chi connectivity index (χ3v) is 4.07. The zero-order valence-electron chi connectivity index (χ0n) is 14.6. The van der Waals surface area contributed by atoms with Crippen LogP contribution in [0.5, 0.6) is 11.6 Å². The summed E-state index contributed by atoms with van der Waals surface area (Å²) in [7, 11) is 0. The van der Waals surface area contributed by atoms with Crippen molar-refractivity contribution in [2.75, 3.05) is 5.32 Å². The van der Waals surface area contributed by atoms with E-state index in [1.165, 1.54) is 12.1 Å². The third-order valence-electron chi connectivity index (χ3n) is 4.07. The Hall–Kier alpha value is -3.21. The SMILES string of the molecule is Cc1cccc(Oc2ccc(NC(=O)Cc3ccc(F)cc3)cn2)c1C. The van der Waals surface area contributed by atoms with E-state index in [-0.39, 0.29) is 18.1 Å². The lowest BCUT2D eigenvalue weighted by molar-refractivity contribution is -0.115. The molecule has 1 N–H and O–H groups in total. The van der Waals surface area contributed by atoms with E-state index in [9.17, 15) is 9.18 Å². The van der Waals surface area contributed by atoms with Gasteiger partial charge in [-0.1, -0.05) is 24.3 Å². The zero-order chi connectivity index (χ0) is 18.5. The van der Waals surface area contributed by atoms with Crippen molar-refractivity contribution in [2.45, 2.75) is 20.3 Å². The standard InChI is InChI=1S/C21H19FN2O2/c1-14-4-3-5-19(15(14)2)26-21-11-10-18(13-23-21)24-20(25)12-16-6-8-17(22)9-7-16/h3-11,13H,12H2,1-2H3,(H,24,25). The smallest absolute Gasteiger partial charge is 0.228 e. The molecule has 5 heteroatoms. The summed E-state index contributed by atoms with van der Waals surface area (Å²) >= 11 is 0. The Morgan fingerprint density at radius 1 is 1.08 bits per heavy atom. The van der Waals surface area contributed by atoms with Crippen molar-refractivity contribution in [3.05, 3.63) is 83.3 Å². The number of carbonyl (C=O) groups is 1. The Balaban J connectivity index is 1.61. The molecule has 1 aromatic heterocycles. The minimum Gasteiger partial charge on any atom is -0.439 e. The van der Waals surface area contributed by atoms with Crippen LogP contribution in [0.3, 0.4) is 0 Å². The summed E-state index contributed by atoms with van der Waals surface area (Å²) in [6.45, 7) is 4.02. The molecule has 1 heterocycles. The number of nitrogens with one attached hydrogen (secondary N) is 1. The number of rotatable bonds is 5. The van der Waals surface area contributed by atoms with Gasteiger partial charge in [-0.2, -0.15) is 0 Å². The van der Waals surface area contributed by atoms with Crippen molar-refractivity contribution in [1.82, 2.24) is 4.98 Å². The van der Waals surface area contributed by atoms with Crippen molar-refractivity contribution < 1.29 is 13.9 Å². The van der Waals surface area contributed by atoms with Crippen molar-refractivity contribution >= 4 is 11.6 Å². The molecule has 0 aliphatic carbocycles. The van der Waals surface area contributed by atoms with Crippen LogP contribution in [0.25, 0.3) is 0 Å². The molecule has 0 radical (unpaired) electrons. The summed E-state index contributed by atoms with van der Waals surface area (Å²) in [4.78, 5) is 16.3. The van der Waals surface area contributed by atoms with Gasteiger partial charge >= 0.3 is 0 Å². The Morgan fingerprint density at radius 2 is 1.85 bits per heavy atom. The van der Waals surface area contributed by atoms with Crippen LogP contribution in [0, 0.1) is 19.7 Å². The van der Waals surface area contributed by atoms with Crippen molar-refractivity contribution in [1.29, 1.82) is 0 Å². The minimum atomic E-state index is -0.321. The van der Waals surface area contributed by atoms with E-state index < -0.39 is 0 Å². The number of ether oxygens (including phenoxy) is 1. The van der Waals surface area contributed by atoms with Gasteiger partial charge in [0, 0.05) is 6.07 Å². The van der Waals surface area contributed by atoms with Gasteiger partial charge < -0.3 is 10.1 Å². The average Bonchev–Trinajstić information content (AvgIpc) is 2.62. The van der Waals surface area contributed by atoms with Crippen LogP contribution in [0.4, 0.5) is 10.1 Å². The van der Waals surface area contributed by atoms with E-state index in [1.807, 2.05) is 32.0 Å². The lowest BCUT2D eigenvalue weighted by Gasteiger charge is -2.10. The van der Waals surface area contributed by atoms with E-state index in [0.717, 1.165) is 22.4 Å². The van der Waals surface area contributed by atoms with Crippen LogP contribution in [-0.4, -0.2) is 10.9 Å². The van der Waals surface area contributed by atoms with Gasteiger partial charge in [0.15, 0.2) is 0 Å². The maximum absolute atomic E-state index is 12.9. The Labute approximate surface area is 151 Å². The molecule has 0 atom stereocenters. The highest BCUT2D eigenvalue weighted by molar-refractivity contribution is 5.92. The van der Waals surface area contributed by atoms with Crippen LogP contribution < -0.4 is 10.1 Å². The van der Waals surface area contributed by atoms with E-state index in [0.29, 0.717) is 11.6 Å². The number of anilines is 1. The molecule has 0 spiro atoms. The molecular weight excluding hydrogens is 331 g/mol. The highest BCUT2D eigenvalue weighted by Crippen LogP contribution is 2.26. The predicted octanol–water partition coefficient (Wildman–Crippen LogP) is 4.81. The van der Waals surface area contributed by atoms with Crippen molar-refractivity contribution in [2.24, 2.45) is 0 Å². The van der Waals surface area contributed by atoms with Gasteiger partial charge in [-0.25, -0.2) is 9.37 Å². The Bertz CT molecular complexity index is 906. The number of hydrogen-bond acceptors (Lipinski definition) is 3. The Kier molecular flexibility index (Phi) is 5.27.